The number of pyridine rings is 1. The van der Waals surface area contributed by atoms with Gasteiger partial charge in [-0.25, -0.2) is 18.2 Å². The molecule has 7 nitrogen and oxygen atoms in total. The number of ether oxygens (including phenoxy) is 2. The molecular formula is C19H20N2O5S. The van der Waals surface area contributed by atoms with Gasteiger partial charge in [0.2, 0.25) is 0 Å². The molecule has 0 atom stereocenters. The van der Waals surface area contributed by atoms with Crippen LogP contribution in [0.2, 0.25) is 0 Å². The molecule has 2 heterocycles. The lowest BCUT2D eigenvalue weighted by molar-refractivity contribution is 0.0520. The van der Waals surface area contributed by atoms with E-state index >= 15 is 0 Å². The molecule has 3 rings (SSSR count). The summed E-state index contributed by atoms with van der Waals surface area (Å²) in [5.74, 6) is 0.589. The number of benzene rings is 1. The second kappa shape index (κ2) is 7.40. The lowest BCUT2D eigenvalue weighted by Gasteiger charge is -2.08. The van der Waals surface area contributed by atoms with Crippen LogP contribution in [0.15, 0.2) is 41.6 Å². The van der Waals surface area contributed by atoms with Gasteiger partial charge in [0, 0.05) is 17.2 Å². The van der Waals surface area contributed by atoms with Gasteiger partial charge in [0.1, 0.15) is 17.2 Å². The maximum atomic E-state index is 12.0. The Balaban J connectivity index is 1.94. The molecule has 8 heteroatoms. The number of aromatic amines is 1. The van der Waals surface area contributed by atoms with Gasteiger partial charge in [-0.2, -0.15) is 0 Å². The molecule has 0 radical (unpaired) electrons. The third kappa shape index (κ3) is 4.11. The number of hydrogen-bond donors (Lipinski definition) is 1. The molecular weight excluding hydrogens is 368 g/mol. The molecule has 0 aliphatic carbocycles. The van der Waals surface area contributed by atoms with Gasteiger partial charge < -0.3 is 14.5 Å². The fourth-order valence-corrected chi connectivity index (χ4v) is 3.29. The topological polar surface area (TPSA) is 98.3 Å². The first-order valence-corrected chi connectivity index (χ1v) is 10.4. The molecule has 2 aromatic heterocycles. The van der Waals surface area contributed by atoms with Crippen molar-refractivity contribution in [2.24, 2.45) is 0 Å². The van der Waals surface area contributed by atoms with Gasteiger partial charge in [0.25, 0.3) is 0 Å². The normalized spacial score (nSPS) is 11.5. The lowest BCUT2D eigenvalue weighted by atomic mass is 10.1. The fourth-order valence-electron chi connectivity index (χ4n) is 2.73. The Morgan fingerprint density at radius 3 is 2.52 bits per heavy atom. The van der Waals surface area contributed by atoms with E-state index in [0.29, 0.717) is 23.8 Å². The van der Waals surface area contributed by atoms with Crippen molar-refractivity contribution in [3.05, 3.63) is 47.8 Å². The van der Waals surface area contributed by atoms with Crippen LogP contribution in [0.25, 0.3) is 10.9 Å². The fraction of sp³-hybridized carbons (Fsp3) is 0.263. The standard InChI is InChI=1S/C19H20N2O5S/c1-4-12-8-15(26-14-6-7-17(20-11-14)27(3,23)24)9-13-10-16(21-18(12)13)19(22)25-5-2/h6-11,21H,4-5H2,1-3H3. The first-order chi connectivity index (χ1) is 12.8. The summed E-state index contributed by atoms with van der Waals surface area (Å²) in [5, 5.41) is 0.817. The van der Waals surface area contributed by atoms with Crippen molar-refractivity contribution in [3.63, 3.8) is 0 Å². The second-order valence-corrected chi connectivity index (χ2v) is 7.97. The molecule has 0 unspecified atom stereocenters. The summed E-state index contributed by atoms with van der Waals surface area (Å²) in [6, 6.07) is 8.36. The maximum Gasteiger partial charge on any atom is 0.354 e. The first-order valence-electron chi connectivity index (χ1n) is 8.48. The highest BCUT2D eigenvalue weighted by molar-refractivity contribution is 7.90. The minimum atomic E-state index is -3.36. The number of carbonyl (C=O) groups excluding carboxylic acids is 1. The number of nitrogens with zero attached hydrogens (tertiary/aromatic N) is 1. The Morgan fingerprint density at radius 2 is 1.93 bits per heavy atom. The molecule has 0 fully saturated rings. The van der Waals surface area contributed by atoms with Gasteiger partial charge in [-0.3, -0.25) is 0 Å². The number of aryl methyl sites for hydroxylation is 1. The van der Waals surface area contributed by atoms with Crippen LogP contribution in [0.5, 0.6) is 11.5 Å². The minimum Gasteiger partial charge on any atom is -0.461 e. The number of fused-ring (bicyclic) bond motifs is 1. The first kappa shape index (κ1) is 18.9. The zero-order chi connectivity index (χ0) is 19.6. The van der Waals surface area contributed by atoms with Gasteiger partial charge in [0.05, 0.1) is 12.8 Å². The lowest BCUT2D eigenvalue weighted by Crippen LogP contribution is -2.04. The number of rotatable bonds is 6. The van der Waals surface area contributed by atoms with Crippen molar-refractivity contribution in [3.8, 4) is 11.5 Å². The Hall–Kier alpha value is -2.87. The van der Waals surface area contributed by atoms with Gasteiger partial charge >= 0.3 is 5.97 Å². The summed E-state index contributed by atoms with van der Waals surface area (Å²) < 4.78 is 33.8. The number of H-pyrrole nitrogens is 1. The largest absolute Gasteiger partial charge is 0.461 e. The van der Waals surface area contributed by atoms with Crippen LogP contribution in [-0.4, -0.2) is 37.2 Å². The van der Waals surface area contributed by atoms with Crippen molar-refractivity contribution < 1.29 is 22.7 Å². The molecule has 0 bridgehead atoms. The Morgan fingerprint density at radius 1 is 1.15 bits per heavy atom. The minimum absolute atomic E-state index is 0.00994. The number of carbonyl (C=O) groups is 1. The third-order valence-electron chi connectivity index (χ3n) is 3.98. The quantitative estimate of drug-likeness (QED) is 0.649. The third-order valence-corrected chi connectivity index (χ3v) is 4.99. The summed E-state index contributed by atoms with van der Waals surface area (Å²) in [4.78, 5) is 19.0. The van der Waals surface area contributed by atoms with Gasteiger partial charge in [0.15, 0.2) is 14.9 Å². The van der Waals surface area contributed by atoms with E-state index in [1.54, 1.807) is 25.1 Å². The zero-order valence-corrected chi connectivity index (χ0v) is 16.1. The highest BCUT2D eigenvalue weighted by Gasteiger charge is 2.14. The maximum absolute atomic E-state index is 12.0. The van der Waals surface area contributed by atoms with Crippen LogP contribution in [0.3, 0.4) is 0 Å². The smallest absolute Gasteiger partial charge is 0.354 e. The molecule has 0 saturated carbocycles. The summed E-state index contributed by atoms with van der Waals surface area (Å²) in [7, 11) is -3.36. The van der Waals surface area contributed by atoms with E-state index < -0.39 is 15.8 Å². The molecule has 27 heavy (non-hydrogen) atoms. The summed E-state index contributed by atoms with van der Waals surface area (Å²) in [5.41, 5.74) is 2.23. The number of esters is 1. The monoisotopic (exact) mass is 388 g/mol. The van der Waals surface area contributed by atoms with Gasteiger partial charge in [-0.1, -0.05) is 6.92 Å². The van der Waals surface area contributed by atoms with Crippen LogP contribution < -0.4 is 4.74 Å². The van der Waals surface area contributed by atoms with Crippen LogP contribution in [0.1, 0.15) is 29.9 Å². The van der Waals surface area contributed by atoms with E-state index in [9.17, 15) is 13.2 Å². The van der Waals surface area contributed by atoms with Crippen molar-refractivity contribution >= 4 is 26.7 Å². The van der Waals surface area contributed by atoms with E-state index in [-0.39, 0.29) is 5.03 Å². The second-order valence-electron chi connectivity index (χ2n) is 6.01. The number of nitrogens with one attached hydrogen (secondary N) is 1. The molecule has 3 aromatic rings. The van der Waals surface area contributed by atoms with Crippen molar-refractivity contribution in [2.75, 3.05) is 12.9 Å². The highest BCUT2D eigenvalue weighted by Crippen LogP contribution is 2.30. The zero-order valence-electron chi connectivity index (χ0n) is 15.3. The van der Waals surface area contributed by atoms with Crippen LogP contribution in [0.4, 0.5) is 0 Å². The highest BCUT2D eigenvalue weighted by atomic mass is 32.2. The Kier molecular flexibility index (Phi) is 5.18. The number of hydrogen-bond acceptors (Lipinski definition) is 6. The summed E-state index contributed by atoms with van der Waals surface area (Å²) in [6.07, 6.45) is 3.21. The van der Waals surface area contributed by atoms with E-state index in [0.717, 1.165) is 29.1 Å². The average molecular weight is 388 g/mol. The molecule has 1 N–H and O–H groups in total. The molecule has 142 valence electrons. The van der Waals surface area contributed by atoms with E-state index in [1.807, 2.05) is 13.0 Å². The van der Waals surface area contributed by atoms with E-state index in [4.69, 9.17) is 9.47 Å². The number of sulfone groups is 1. The van der Waals surface area contributed by atoms with E-state index in [2.05, 4.69) is 9.97 Å². The summed E-state index contributed by atoms with van der Waals surface area (Å²) in [6.45, 7) is 4.07. The van der Waals surface area contributed by atoms with Crippen molar-refractivity contribution in [1.82, 2.24) is 9.97 Å². The van der Waals surface area contributed by atoms with Crippen LogP contribution in [0, 0.1) is 0 Å². The SMILES string of the molecule is CCOC(=O)c1cc2cc(Oc3ccc(S(C)(=O)=O)nc3)cc(CC)c2[nH]1. The van der Waals surface area contributed by atoms with E-state index in [1.165, 1.54) is 12.3 Å². The van der Waals surface area contributed by atoms with Crippen LogP contribution >= 0.6 is 0 Å². The molecule has 0 aliphatic heterocycles. The Labute approximate surface area is 157 Å². The summed E-state index contributed by atoms with van der Waals surface area (Å²) >= 11 is 0. The predicted molar refractivity (Wildman–Crippen MR) is 101 cm³/mol. The van der Waals surface area contributed by atoms with Crippen molar-refractivity contribution in [1.29, 1.82) is 0 Å². The number of aromatic nitrogens is 2. The molecule has 0 aliphatic rings. The average Bonchev–Trinajstić information content (AvgIpc) is 3.05. The van der Waals surface area contributed by atoms with Crippen LogP contribution in [-0.2, 0) is 21.0 Å². The van der Waals surface area contributed by atoms with Crippen molar-refractivity contribution in [2.45, 2.75) is 25.3 Å². The molecule has 0 amide bonds. The molecule has 0 spiro atoms. The predicted octanol–water partition coefficient (Wildman–Crippen LogP) is 3.50. The van der Waals surface area contributed by atoms with Gasteiger partial charge in [-0.05, 0) is 49.2 Å². The molecule has 0 saturated heterocycles. The van der Waals surface area contributed by atoms with Gasteiger partial charge in [-0.15, -0.1) is 0 Å². The molecule has 1 aromatic carbocycles. The Bertz CT molecular complexity index is 1090.